The first-order valence-electron chi connectivity index (χ1n) is 5.08. The first-order chi connectivity index (χ1) is 9.00. The maximum absolute atomic E-state index is 12.6. The number of H-pyrrole nitrogens is 1. The number of halogens is 7. The van der Waals surface area contributed by atoms with Gasteiger partial charge in [-0.25, -0.2) is 4.98 Å². The van der Waals surface area contributed by atoms with Crippen LogP contribution in [0.3, 0.4) is 0 Å². The third kappa shape index (κ3) is 2.69. The van der Waals surface area contributed by atoms with E-state index in [1.165, 1.54) is 12.1 Å². The number of alkyl halides is 6. The number of aromatic amines is 1. The van der Waals surface area contributed by atoms with Crippen molar-refractivity contribution in [2.45, 2.75) is 18.3 Å². The monoisotopic (exact) mass is 361 g/mol. The average molecular weight is 362 g/mol. The van der Waals surface area contributed by atoms with E-state index in [1.807, 2.05) is 4.98 Å². The van der Waals surface area contributed by atoms with Gasteiger partial charge in [0.15, 0.2) is 0 Å². The van der Waals surface area contributed by atoms with Crippen molar-refractivity contribution in [1.29, 1.82) is 0 Å². The van der Waals surface area contributed by atoms with Gasteiger partial charge >= 0.3 is 12.4 Å². The van der Waals surface area contributed by atoms with Crippen molar-refractivity contribution < 1.29 is 26.3 Å². The van der Waals surface area contributed by atoms with Gasteiger partial charge in [-0.2, -0.15) is 26.3 Å². The largest absolute Gasteiger partial charge is 0.407 e. The Morgan fingerprint density at radius 3 is 2.15 bits per heavy atom. The van der Waals surface area contributed by atoms with Crippen LogP contribution in [0.15, 0.2) is 16.6 Å². The van der Waals surface area contributed by atoms with Gasteiger partial charge in [-0.3, -0.25) is 0 Å². The molecule has 0 unspecified atom stereocenters. The molecule has 0 saturated carbocycles. The highest BCUT2D eigenvalue weighted by atomic mass is 79.9. The zero-order valence-electron chi connectivity index (χ0n) is 9.40. The second-order valence-corrected chi connectivity index (χ2v) is 4.95. The maximum Gasteiger partial charge on any atom is 0.407 e. The summed E-state index contributed by atoms with van der Waals surface area (Å²) >= 11 is 3.04. The summed E-state index contributed by atoms with van der Waals surface area (Å²) in [5, 5.41) is 0. The molecule has 10 heteroatoms. The predicted octanol–water partition coefficient (Wildman–Crippen LogP) is 4.12. The normalized spacial score (nSPS) is 13.4. The summed E-state index contributed by atoms with van der Waals surface area (Å²) in [6.45, 7) is 0. The minimum absolute atomic E-state index is 0.00891. The Bertz CT molecular complexity index is 631. The lowest BCUT2D eigenvalue weighted by Gasteiger charge is -2.20. The summed E-state index contributed by atoms with van der Waals surface area (Å²) in [6.07, 6.45) is -11.0. The lowest BCUT2D eigenvalue weighted by molar-refractivity contribution is -0.255. The molecule has 1 aromatic carbocycles. The van der Waals surface area contributed by atoms with Crippen LogP contribution in [0.25, 0.3) is 11.0 Å². The second-order valence-electron chi connectivity index (χ2n) is 4.03. The zero-order valence-corrected chi connectivity index (χ0v) is 11.0. The maximum atomic E-state index is 12.6. The number of rotatable bonds is 1. The number of benzene rings is 1. The summed E-state index contributed by atoms with van der Waals surface area (Å²) in [5.41, 5.74) is 5.34. The molecule has 3 nitrogen and oxygen atoms in total. The summed E-state index contributed by atoms with van der Waals surface area (Å²) < 4.78 is 75.9. The molecule has 3 N–H and O–H groups in total. The van der Waals surface area contributed by atoms with E-state index in [0.29, 0.717) is 4.47 Å². The van der Waals surface area contributed by atoms with Crippen LogP contribution < -0.4 is 5.73 Å². The number of aromatic nitrogens is 2. The lowest BCUT2D eigenvalue weighted by atomic mass is 10.1. The molecule has 0 radical (unpaired) electrons. The summed E-state index contributed by atoms with van der Waals surface area (Å²) in [6, 6.07) is 2.63. The number of hydrogen-bond donors (Lipinski definition) is 2. The van der Waals surface area contributed by atoms with E-state index in [1.54, 1.807) is 0 Å². The molecule has 110 valence electrons. The number of imidazole rings is 1. The number of nitrogen functional groups attached to an aromatic ring is 1. The van der Waals surface area contributed by atoms with Crippen LogP contribution in [0.5, 0.6) is 0 Å². The quantitative estimate of drug-likeness (QED) is 0.593. The van der Waals surface area contributed by atoms with Crippen LogP contribution >= 0.6 is 15.9 Å². The Hall–Kier alpha value is -1.45. The van der Waals surface area contributed by atoms with Gasteiger partial charge in [0.1, 0.15) is 11.3 Å². The molecule has 0 aliphatic rings. The van der Waals surface area contributed by atoms with E-state index < -0.39 is 24.1 Å². The molecular weight excluding hydrogens is 356 g/mol. The Morgan fingerprint density at radius 2 is 1.65 bits per heavy atom. The van der Waals surface area contributed by atoms with Crippen molar-refractivity contribution in [2.75, 3.05) is 5.73 Å². The third-order valence-corrected chi connectivity index (χ3v) is 2.99. The van der Waals surface area contributed by atoms with Crippen molar-refractivity contribution in [3.63, 3.8) is 0 Å². The Morgan fingerprint density at radius 1 is 1.10 bits per heavy atom. The summed E-state index contributed by atoms with van der Waals surface area (Å²) in [7, 11) is 0. The summed E-state index contributed by atoms with van der Waals surface area (Å²) in [5.74, 6) is -4.91. The first kappa shape index (κ1) is 14.9. The van der Waals surface area contributed by atoms with Crippen LogP contribution in [0.4, 0.5) is 32.0 Å². The fourth-order valence-corrected chi connectivity index (χ4v) is 2.23. The molecule has 0 aliphatic carbocycles. The molecule has 20 heavy (non-hydrogen) atoms. The van der Waals surface area contributed by atoms with Crippen LogP contribution in [0.1, 0.15) is 11.7 Å². The number of nitrogens with two attached hydrogens (primary N) is 1. The fourth-order valence-electron chi connectivity index (χ4n) is 1.76. The zero-order chi connectivity index (χ0) is 15.3. The van der Waals surface area contributed by atoms with E-state index in [9.17, 15) is 26.3 Å². The van der Waals surface area contributed by atoms with Crippen molar-refractivity contribution >= 4 is 32.7 Å². The molecule has 0 saturated heterocycles. The molecule has 0 atom stereocenters. The Balaban J connectivity index is 2.64. The van der Waals surface area contributed by atoms with Gasteiger partial charge in [-0.15, -0.1) is 0 Å². The van der Waals surface area contributed by atoms with Crippen LogP contribution in [-0.2, 0) is 0 Å². The number of fused-ring (bicyclic) bond motifs is 1. The van der Waals surface area contributed by atoms with Crippen molar-refractivity contribution in [2.24, 2.45) is 0 Å². The van der Waals surface area contributed by atoms with E-state index in [-0.39, 0.29) is 16.7 Å². The molecule has 1 heterocycles. The lowest BCUT2D eigenvalue weighted by Crippen LogP contribution is -2.34. The molecule has 0 aliphatic heterocycles. The van der Waals surface area contributed by atoms with E-state index in [0.717, 1.165) is 0 Å². The second kappa shape index (κ2) is 4.54. The van der Waals surface area contributed by atoms with Gasteiger partial charge in [-0.1, -0.05) is 15.9 Å². The molecule has 0 spiro atoms. The number of anilines is 1. The van der Waals surface area contributed by atoms with Gasteiger partial charge in [0.25, 0.3) is 0 Å². The molecule has 0 bridgehead atoms. The van der Waals surface area contributed by atoms with Crippen molar-refractivity contribution in [3.05, 3.63) is 22.4 Å². The minimum atomic E-state index is -5.50. The van der Waals surface area contributed by atoms with E-state index >= 15 is 0 Å². The van der Waals surface area contributed by atoms with E-state index in [4.69, 9.17) is 5.73 Å². The van der Waals surface area contributed by atoms with E-state index in [2.05, 4.69) is 20.9 Å². The van der Waals surface area contributed by atoms with Crippen LogP contribution in [-0.4, -0.2) is 22.3 Å². The molecule has 2 rings (SSSR count). The van der Waals surface area contributed by atoms with Gasteiger partial charge in [0, 0.05) is 4.47 Å². The molecule has 0 amide bonds. The fraction of sp³-hybridized carbons (Fsp3) is 0.300. The summed E-state index contributed by atoms with van der Waals surface area (Å²) in [4.78, 5) is 5.37. The third-order valence-electron chi connectivity index (χ3n) is 2.53. The smallest absolute Gasteiger partial charge is 0.397 e. The van der Waals surface area contributed by atoms with Crippen LogP contribution in [0.2, 0.25) is 0 Å². The van der Waals surface area contributed by atoms with Gasteiger partial charge < -0.3 is 10.7 Å². The highest BCUT2D eigenvalue weighted by Gasteiger charge is 2.59. The van der Waals surface area contributed by atoms with Gasteiger partial charge in [-0.05, 0) is 12.1 Å². The van der Waals surface area contributed by atoms with Gasteiger partial charge in [0.05, 0.1) is 11.2 Å². The SMILES string of the molecule is Nc1cc(Br)cc2[nH]c(C(C(F)(F)F)C(F)(F)F)nc12. The number of nitrogens with one attached hydrogen (secondary N) is 1. The number of hydrogen-bond acceptors (Lipinski definition) is 2. The Kier molecular flexibility index (Phi) is 3.39. The van der Waals surface area contributed by atoms with Crippen molar-refractivity contribution in [1.82, 2.24) is 9.97 Å². The highest BCUT2D eigenvalue weighted by Crippen LogP contribution is 2.45. The average Bonchev–Trinajstić information content (AvgIpc) is 2.55. The first-order valence-corrected chi connectivity index (χ1v) is 5.87. The molecular formula is C10H6BrF6N3. The Labute approximate surface area is 116 Å². The number of nitrogens with zero attached hydrogens (tertiary/aromatic N) is 1. The molecule has 1 aromatic heterocycles. The van der Waals surface area contributed by atoms with Crippen molar-refractivity contribution in [3.8, 4) is 0 Å². The topological polar surface area (TPSA) is 54.7 Å². The van der Waals surface area contributed by atoms with Gasteiger partial charge in [0.2, 0.25) is 5.92 Å². The minimum Gasteiger partial charge on any atom is -0.397 e. The predicted molar refractivity (Wildman–Crippen MR) is 63.1 cm³/mol. The standard InChI is InChI=1S/C10H6BrF6N3/c11-3-1-4(18)6-5(2-3)19-8(20-6)7(9(12,13)14)10(15,16)17/h1-2,7H,18H2,(H,19,20). The molecule has 0 fully saturated rings. The van der Waals surface area contributed by atoms with Crippen LogP contribution in [0, 0.1) is 0 Å². The molecule has 2 aromatic rings. The highest BCUT2D eigenvalue weighted by molar-refractivity contribution is 9.10.